The van der Waals surface area contributed by atoms with E-state index in [9.17, 15) is 9.18 Å². The predicted octanol–water partition coefficient (Wildman–Crippen LogP) is 4.85. The fraction of sp³-hybridized carbons (Fsp3) is 0.500. The van der Waals surface area contributed by atoms with Gasteiger partial charge in [-0.2, -0.15) is 0 Å². The third-order valence-electron chi connectivity index (χ3n) is 4.46. The molecule has 0 spiro atoms. The van der Waals surface area contributed by atoms with Crippen molar-refractivity contribution in [1.29, 1.82) is 0 Å². The monoisotopic (exact) mass is 375 g/mol. The number of aromatic nitrogens is 1. The van der Waals surface area contributed by atoms with Gasteiger partial charge in [0.1, 0.15) is 5.82 Å². The van der Waals surface area contributed by atoms with Crippen molar-refractivity contribution in [3.8, 4) is 0 Å². The Morgan fingerprint density at radius 3 is 2.46 bits per heavy atom. The molecule has 0 aliphatic heterocycles. The van der Waals surface area contributed by atoms with Crippen LogP contribution < -0.4 is 9.80 Å². The van der Waals surface area contributed by atoms with E-state index in [1.165, 1.54) is 25.0 Å². The van der Waals surface area contributed by atoms with Crippen LogP contribution in [0.2, 0.25) is 0 Å². The summed E-state index contributed by atoms with van der Waals surface area (Å²) in [4.78, 5) is 21.8. The molecule has 1 heterocycles. The summed E-state index contributed by atoms with van der Waals surface area (Å²) in [5, 5.41) is 3.04. The number of carbonyl (C=O) groups is 1. The molecule has 0 bridgehead atoms. The topological polar surface area (TPSA) is 36.4 Å². The molecule has 1 aromatic carbocycles. The van der Waals surface area contributed by atoms with Crippen molar-refractivity contribution in [2.75, 3.05) is 16.3 Å². The lowest BCUT2D eigenvalue weighted by atomic mass is 9.94. The van der Waals surface area contributed by atoms with E-state index in [1.807, 2.05) is 26.2 Å². The van der Waals surface area contributed by atoms with Gasteiger partial charge < -0.3 is 9.80 Å². The molecular weight excluding hydrogens is 349 g/mol. The van der Waals surface area contributed by atoms with Gasteiger partial charge in [0.05, 0.1) is 12.2 Å². The van der Waals surface area contributed by atoms with Crippen molar-refractivity contribution in [2.45, 2.75) is 53.1 Å². The Labute approximate surface area is 158 Å². The number of hydrogen-bond acceptors (Lipinski definition) is 4. The van der Waals surface area contributed by atoms with Gasteiger partial charge in [-0.15, -0.1) is 11.3 Å². The van der Waals surface area contributed by atoms with Gasteiger partial charge in [0.25, 0.3) is 0 Å². The number of nitrogens with zero attached hydrogens (tertiary/aromatic N) is 3. The quantitative estimate of drug-likeness (QED) is 0.724. The van der Waals surface area contributed by atoms with Gasteiger partial charge in [0.2, 0.25) is 5.91 Å². The number of hydrogen-bond donors (Lipinski definition) is 0. The normalized spacial score (nSPS) is 14.3. The van der Waals surface area contributed by atoms with E-state index in [0.29, 0.717) is 18.3 Å². The van der Waals surface area contributed by atoms with Crippen LogP contribution in [0.15, 0.2) is 29.6 Å². The van der Waals surface area contributed by atoms with Gasteiger partial charge in [-0.25, -0.2) is 9.37 Å². The second-order valence-electron chi connectivity index (χ2n) is 7.76. The van der Waals surface area contributed by atoms with Crippen LogP contribution >= 0.6 is 11.3 Å². The molecule has 1 amide bonds. The molecule has 1 saturated carbocycles. The first kappa shape index (κ1) is 18.8. The molecule has 0 atom stereocenters. The largest absolute Gasteiger partial charge is 0.345 e. The van der Waals surface area contributed by atoms with Crippen LogP contribution in [0.3, 0.4) is 0 Å². The number of rotatable bonds is 6. The van der Waals surface area contributed by atoms with Crippen molar-refractivity contribution in [3.05, 3.63) is 41.2 Å². The first-order valence-corrected chi connectivity index (χ1v) is 9.96. The molecule has 6 heteroatoms. The molecular formula is C20H26FN3OS. The van der Waals surface area contributed by atoms with E-state index in [-0.39, 0.29) is 11.7 Å². The number of halogens is 1. The third kappa shape index (κ3) is 4.23. The highest BCUT2D eigenvalue weighted by atomic mass is 32.1. The third-order valence-corrected chi connectivity index (χ3v) is 5.39. The Morgan fingerprint density at radius 1 is 1.27 bits per heavy atom. The van der Waals surface area contributed by atoms with E-state index in [1.54, 1.807) is 28.4 Å². The SMILES string of the molecule is CCN(c1nc(CN(C(=O)C(C)(C)C)c2ccc(F)cc2)cs1)C1CC1. The lowest BCUT2D eigenvalue weighted by molar-refractivity contribution is -0.125. The van der Waals surface area contributed by atoms with Gasteiger partial charge >= 0.3 is 0 Å². The fourth-order valence-electron chi connectivity index (χ4n) is 2.90. The highest BCUT2D eigenvalue weighted by Crippen LogP contribution is 2.34. The number of thiazole rings is 1. The van der Waals surface area contributed by atoms with Crippen LogP contribution in [0.25, 0.3) is 0 Å². The molecule has 3 rings (SSSR count). The Bertz CT molecular complexity index is 762. The highest BCUT2D eigenvalue weighted by Gasteiger charge is 2.31. The van der Waals surface area contributed by atoms with Gasteiger partial charge in [0, 0.05) is 29.1 Å². The van der Waals surface area contributed by atoms with E-state index >= 15 is 0 Å². The maximum atomic E-state index is 13.3. The van der Waals surface area contributed by atoms with Crippen molar-refractivity contribution in [2.24, 2.45) is 5.41 Å². The molecule has 1 aliphatic rings. The Hall–Kier alpha value is -1.95. The zero-order valence-corrected chi connectivity index (χ0v) is 16.6. The van der Waals surface area contributed by atoms with Crippen molar-refractivity contribution in [1.82, 2.24) is 4.98 Å². The number of anilines is 2. The summed E-state index contributed by atoms with van der Waals surface area (Å²) in [7, 11) is 0. The van der Waals surface area contributed by atoms with Crippen LogP contribution in [-0.4, -0.2) is 23.5 Å². The number of benzene rings is 1. The van der Waals surface area contributed by atoms with E-state index in [0.717, 1.165) is 17.4 Å². The number of carbonyl (C=O) groups excluding carboxylic acids is 1. The Morgan fingerprint density at radius 2 is 1.92 bits per heavy atom. The molecule has 1 fully saturated rings. The number of amides is 1. The molecule has 26 heavy (non-hydrogen) atoms. The molecule has 140 valence electrons. The second kappa shape index (κ2) is 7.35. The maximum Gasteiger partial charge on any atom is 0.232 e. The average Bonchev–Trinajstić information content (AvgIpc) is 3.32. The van der Waals surface area contributed by atoms with Gasteiger partial charge in [0.15, 0.2) is 5.13 Å². The lowest BCUT2D eigenvalue weighted by Crippen LogP contribution is -2.39. The highest BCUT2D eigenvalue weighted by molar-refractivity contribution is 7.13. The summed E-state index contributed by atoms with van der Waals surface area (Å²) in [5.74, 6) is -0.316. The summed E-state index contributed by atoms with van der Waals surface area (Å²) in [6.45, 7) is 9.16. The fourth-order valence-corrected chi connectivity index (χ4v) is 3.86. The summed E-state index contributed by atoms with van der Waals surface area (Å²) in [5.41, 5.74) is 1.03. The Balaban J connectivity index is 1.85. The van der Waals surface area contributed by atoms with Crippen molar-refractivity contribution in [3.63, 3.8) is 0 Å². The molecule has 0 N–H and O–H groups in total. The van der Waals surface area contributed by atoms with Crippen LogP contribution in [0, 0.1) is 11.2 Å². The van der Waals surface area contributed by atoms with Gasteiger partial charge in [-0.3, -0.25) is 4.79 Å². The first-order chi connectivity index (χ1) is 12.3. The zero-order chi connectivity index (χ0) is 18.9. The summed E-state index contributed by atoms with van der Waals surface area (Å²) >= 11 is 1.63. The molecule has 0 unspecified atom stereocenters. The van der Waals surface area contributed by atoms with Crippen LogP contribution in [0.4, 0.5) is 15.2 Å². The summed E-state index contributed by atoms with van der Waals surface area (Å²) in [6.07, 6.45) is 2.46. The predicted molar refractivity (Wildman–Crippen MR) is 105 cm³/mol. The average molecular weight is 376 g/mol. The molecule has 0 radical (unpaired) electrons. The minimum absolute atomic E-state index is 0.00630. The van der Waals surface area contributed by atoms with Crippen LogP contribution in [0.1, 0.15) is 46.2 Å². The molecule has 2 aromatic rings. The molecule has 4 nitrogen and oxygen atoms in total. The van der Waals surface area contributed by atoms with Crippen molar-refractivity contribution < 1.29 is 9.18 Å². The second-order valence-corrected chi connectivity index (χ2v) is 8.59. The van der Waals surface area contributed by atoms with Crippen molar-refractivity contribution >= 4 is 28.1 Å². The van der Waals surface area contributed by atoms with E-state index in [2.05, 4.69) is 11.8 Å². The first-order valence-electron chi connectivity index (χ1n) is 9.08. The summed E-state index contributed by atoms with van der Waals surface area (Å²) < 4.78 is 13.3. The lowest BCUT2D eigenvalue weighted by Gasteiger charge is -2.29. The molecule has 0 saturated heterocycles. The smallest absolute Gasteiger partial charge is 0.232 e. The van der Waals surface area contributed by atoms with E-state index in [4.69, 9.17) is 4.98 Å². The van der Waals surface area contributed by atoms with Crippen LogP contribution in [-0.2, 0) is 11.3 Å². The van der Waals surface area contributed by atoms with E-state index < -0.39 is 5.41 Å². The zero-order valence-electron chi connectivity index (χ0n) is 15.8. The van der Waals surface area contributed by atoms with Gasteiger partial charge in [-0.05, 0) is 44.0 Å². The van der Waals surface area contributed by atoms with Crippen LogP contribution in [0.5, 0.6) is 0 Å². The minimum atomic E-state index is -0.531. The van der Waals surface area contributed by atoms with Gasteiger partial charge in [-0.1, -0.05) is 20.8 Å². The molecule has 1 aromatic heterocycles. The standard InChI is InChI=1S/C20H26FN3OS/c1-5-23(16-10-11-16)19-22-15(13-26-19)12-24(18(25)20(2,3)4)17-8-6-14(21)7-9-17/h6-9,13,16H,5,10-12H2,1-4H3. The Kier molecular flexibility index (Phi) is 5.32. The minimum Gasteiger partial charge on any atom is -0.345 e. The summed E-state index contributed by atoms with van der Waals surface area (Å²) in [6, 6.07) is 6.68. The molecule has 1 aliphatic carbocycles. The maximum absolute atomic E-state index is 13.3.